The zero-order chi connectivity index (χ0) is 8.97. The summed E-state index contributed by atoms with van der Waals surface area (Å²) in [6.07, 6.45) is 3.39. The van der Waals surface area contributed by atoms with Gasteiger partial charge in [-0.15, -0.1) is 11.8 Å². The fraction of sp³-hybridized carbons (Fsp3) is 0.375. The molecule has 0 aliphatic carbocycles. The van der Waals surface area contributed by atoms with E-state index in [9.17, 15) is 0 Å². The highest BCUT2D eigenvalue weighted by atomic mass is 32.2. The van der Waals surface area contributed by atoms with Crippen molar-refractivity contribution in [3.63, 3.8) is 0 Å². The zero-order valence-electron chi connectivity index (χ0n) is 7.03. The Morgan fingerprint density at radius 3 is 3.00 bits per heavy atom. The Morgan fingerprint density at radius 1 is 1.67 bits per heavy atom. The summed E-state index contributed by atoms with van der Waals surface area (Å²) >= 11 is 1.67. The first-order chi connectivity index (χ1) is 5.70. The van der Waals surface area contributed by atoms with E-state index in [2.05, 4.69) is 4.98 Å². The van der Waals surface area contributed by atoms with E-state index >= 15 is 0 Å². The van der Waals surface area contributed by atoms with Crippen molar-refractivity contribution in [2.45, 2.75) is 17.9 Å². The lowest BCUT2D eigenvalue weighted by Crippen LogP contribution is -2.17. The van der Waals surface area contributed by atoms with Gasteiger partial charge in [0.25, 0.3) is 0 Å². The molecule has 0 saturated heterocycles. The van der Waals surface area contributed by atoms with Gasteiger partial charge in [0.05, 0.1) is 11.9 Å². The van der Waals surface area contributed by atoms with Crippen LogP contribution in [-0.2, 0) is 0 Å². The highest BCUT2D eigenvalue weighted by molar-refractivity contribution is 7.99. The minimum absolute atomic E-state index is 0.197. The van der Waals surface area contributed by atoms with Gasteiger partial charge in [-0.3, -0.25) is 4.98 Å². The molecule has 1 heterocycles. The second-order valence-electron chi connectivity index (χ2n) is 2.70. The number of nitrogen functional groups attached to an aromatic ring is 1. The van der Waals surface area contributed by atoms with Gasteiger partial charge in [-0.25, -0.2) is 0 Å². The summed E-state index contributed by atoms with van der Waals surface area (Å²) in [6.45, 7) is 1.98. The smallest absolute Gasteiger partial charge is 0.0638 e. The van der Waals surface area contributed by atoms with E-state index in [1.807, 2.05) is 13.0 Å². The van der Waals surface area contributed by atoms with E-state index in [4.69, 9.17) is 11.5 Å². The maximum absolute atomic E-state index is 5.68. The Labute approximate surface area is 76.5 Å². The van der Waals surface area contributed by atoms with Crippen molar-refractivity contribution >= 4 is 17.4 Å². The van der Waals surface area contributed by atoms with Crippen LogP contribution in [0.5, 0.6) is 0 Å². The van der Waals surface area contributed by atoms with E-state index in [1.54, 1.807) is 24.2 Å². The van der Waals surface area contributed by atoms with Crippen LogP contribution in [0.1, 0.15) is 6.92 Å². The van der Waals surface area contributed by atoms with Crippen molar-refractivity contribution in [2.24, 2.45) is 5.73 Å². The predicted octanol–water partition coefficient (Wildman–Crippen LogP) is 1.10. The van der Waals surface area contributed by atoms with E-state index in [-0.39, 0.29) is 6.04 Å². The van der Waals surface area contributed by atoms with Crippen molar-refractivity contribution < 1.29 is 0 Å². The Morgan fingerprint density at radius 2 is 2.42 bits per heavy atom. The van der Waals surface area contributed by atoms with E-state index in [1.165, 1.54) is 0 Å². The molecule has 4 heteroatoms. The van der Waals surface area contributed by atoms with Crippen molar-refractivity contribution in [3.8, 4) is 0 Å². The van der Waals surface area contributed by atoms with E-state index in [0.717, 1.165) is 16.3 Å². The third-order valence-electron chi connectivity index (χ3n) is 1.31. The van der Waals surface area contributed by atoms with Gasteiger partial charge in [0, 0.05) is 22.9 Å². The van der Waals surface area contributed by atoms with Gasteiger partial charge >= 0.3 is 0 Å². The first kappa shape index (κ1) is 9.35. The molecule has 1 aromatic heterocycles. The first-order valence-electron chi connectivity index (χ1n) is 3.78. The molecule has 0 aromatic carbocycles. The third-order valence-corrected chi connectivity index (χ3v) is 2.69. The summed E-state index contributed by atoms with van der Waals surface area (Å²) in [5, 5.41) is 0. The average Bonchev–Trinajstić information content (AvgIpc) is 2.03. The highest BCUT2D eigenvalue weighted by Crippen LogP contribution is 2.23. The van der Waals surface area contributed by atoms with Crippen LogP contribution in [0.4, 0.5) is 5.69 Å². The normalized spacial score (nSPS) is 12.8. The minimum Gasteiger partial charge on any atom is -0.397 e. The first-order valence-corrected chi connectivity index (χ1v) is 4.76. The fourth-order valence-electron chi connectivity index (χ4n) is 0.747. The lowest BCUT2D eigenvalue weighted by Gasteiger charge is -2.05. The molecule has 66 valence electrons. The lowest BCUT2D eigenvalue weighted by molar-refractivity contribution is 0.847. The Balaban J connectivity index is 2.57. The van der Waals surface area contributed by atoms with E-state index < -0.39 is 0 Å². The Kier molecular flexibility index (Phi) is 3.37. The number of rotatable bonds is 3. The van der Waals surface area contributed by atoms with Crippen molar-refractivity contribution in [1.82, 2.24) is 4.98 Å². The van der Waals surface area contributed by atoms with Crippen LogP contribution >= 0.6 is 11.8 Å². The summed E-state index contributed by atoms with van der Waals surface area (Å²) in [4.78, 5) is 4.96. The molecule has 1 atom stereocenters. The Hall–Kier alpha value is -0.740. The molecule has 0 amide bonds. The molecule has 0 fully saturated rings. The van der Waals surface area contributed by atoms with Gasteiger partial charge in [0.2, 0.25) is 0 Å². The number of nitrogens with two attached hydrogens (primary N) is 2. The summed E-state index contributed by atoms with van der Waals surface area (Å²) in [5.41, 5.74) is 12.0. The number of aromatic nitrogens is 1. The third kappa shape index (κ3) is 2.71. The molecule has 0 saturated carbocycles. The van der Waals surface area contributed by atoms with Crippen LogP contribution in [0.25, 0.3) is 0 Å². The number of hydrogen-bond acceptors (Lipinski definition) is 4. The summed E-state index contributed by atoms with van der Waals surface area (Å²) in [5.74, 6) is 0.883. The zero-order valence-corrected chi connectivity index (χ0v) is 7.84. The van der Waals surface area contributed by atoms with Crippen LogP contribution in [0.2, 0.25) is 0 Å². The van der Waals surface area contributed by atoms with Gasteiger partial charge in [0.1, 0.15) is 0 Å². The minimum atomic E-state index is 0.197. The molecule has 0 aliphatic heterocycles. The van der Waals surface area contributed by atoms with Crippen molar-refractivity contribution in [3.05, 3.63) is 18.5 Å². The maximum atomic E-state index is 5.68. The van der Waals surface area contributed by atoms with Crippen LogP contribution in [0, 0.1) is 0 Å². The number of hydrogen-bond donors (Lipinski definition) is 2. The molecule has 3 nitrogen and oxygen atoms in total. The summed E-state index contributed by atoms with van der Waals surface area (Å²) in [6, 6.07) is 2.10. The summed E-state index contributed by atoms with van der Waals surface area (Å²) in [7, 11) is 0. The average molecular weight is 183 g/mol. The molecule has 0 bridgehead atoms. The second-order valence-corrected chi connectivity index (χ2v) is 3.76. The van der Waals surface area contributed by atoms with Crippen LogP contribution in [0.3, 0.4) is 0 Å². The highest BCUT2D eigenvalue weighted by Gasteiger charge is 2.00. The molecule has 4 N–H and O–H groups in total. The molecule has 1 rings (SSSR count). The number of thioether (sulfide) groups is 1. The monoisotopic (exact) mass is 183 g/mol. The van der Waals surface area contributed by atoms with Gasteiger partial charge < -0.3 is 11.5 Å². The van der Waals surface area contributed by atoms with Crippen LogP contribution < -0.4 is 11.5 Å². The molecule has 0 spiro atoms. The Bertz CT molecular complexity index is 250. The number of nitrogens with zero attached hydrogens (tertiary/aromatic N) is 1. The maximum Gasteiger partial charge on any atom is 0.0638 e. The lowest BCUT2D eigenvalue weighted by atomic mass is 10.4. The van der Waals surface area contributed by atoms with Crippen molar-refractivity contribution in [1.29, 1.82) is 0 Å². The van der Waals surface area contributed by atoms with Gasteiger partial charge in [-0.2, -0.15) is 0 Å². The quantitative estimate of drug-likeness (QED) is 0.689. The molecule has 1 aromatic rings. The SMILES string of the molecule is CC(N)CSc1ccncc1N. The number of anilines is 1. The summed E-state index contributed by atoms with van der Waals surface area (Å²) < 4.78 is 0. The second kappa shape index (κ2) is 4.33. The fourth-order valence-corrected chi connectivity index (χ4v) is 1.57. The van der Waals surface area contributed by atoms with E-state index in [0.29, 0.717) is 0 Å². The molecular weight excluding hydrogens is 170 g/mol. The molecular formula is C8H13N3S. The topological polar surface area (TPSA) is 64.9 Å². The molecule has 12 heavy (non-hydrogen) atoms. The number of pyridine rings is 1. The van der Waals surface area contributed by atoms with Gasteiger partial charge in [-0.05, 0) is 13.0 Å². The van der Waals surface area contributed by atoms with Gasteiger partial charge in [-0.1, -0.05) is 0 Å². The largest absolute Gasteiger partial charge is 0.397 e. The predicted molar refractivity (Wildman–Crippen MR) is 53.0 cm³/mol. The van der Waals surface area contributed by atoms with Crippen LogP contribution in [0.15, 0.2) is 23.4 Å². The molecule has 0 radical (unpaired) electrons. The standard InChI is InChI=1S/C8H13N3S/c1-6(9)5-12-8-2-3-11-4-7(8)10/h2-4,6H,5,9-10H2,1H3. The van der Waals surface area contributed by atoms with Crippen molar-refractivity contribution in [2.75, 3.05) is 11.5 Å². The molecule has 0 aliphatic rings. The molecule has 1 unspecified atom stereocenters. The van der Waals surface area contributed by atoms with Crippen LogP contribution in [-0.4, -0.2) is 16.8 Å². The van der Waals surface area contributed by atoms with Gasteiger partial charge in [0.15, 0.2) is 0 Å².